The lowest BCUT2D eigenvalue weighted by molar-refractivity contribution is -0.442. The molecule has 3 aromatic carbocycles. The molecule has 0 N–H and O–H groups in total. The molecule has 11 nitrogen and oxygen atoms in total. The summed E-state index contributed by atoms with van der Waals surface area (Å²) >= 11 is 0. The van der Waals surface area contributed by atoms with Gasteiger partial charge in [-0.1, -0.05) is 72.8 Å². The number of hydrogen-bond acceptors (Lipinski definition) is 9. The number of nitro groups is 2. The van der Waals surface area contributed by atoms with E-state index in [-0.39, 0.29) is 12.1 Å². The van der Waals surface area contributed by atoms with Crippen LogP contribution in [0.1, 0.15) is 63.8 Å². The Morgan fingerprint density at radius 1 is 0.745 bits per heavy atom. The molecule has 8 rings (SSSR count). The summed E-state index contributed by atoms with van der Waals surface area (Å²) in [6.07, 6.45) is 2.74. The summed E-state index contributed by atoms with van der Waals surface area (Å²) in [4.78, 5) is 57.8. The third kappa shape index (κ3) is 3.89. The van der Waals surface area contributed by atoms with Crippen molar-refractivity contribution in [1.29, 1.82) is 0 Å². The van der Waals surface area contributed by atoms with E-state index in [0.29, 0.717) is 28.8 Å². The van der Waals surface area contributed by atoms with Gasteiger partial charge in [0.15, 0.2) is 5.54 Å². The molecule has 1 saturated carbocycles. The number of hydrogen-bond donors (Lipinski definition) is 0. The van der Waals surface area contributed by atoms with Crippen molar-refractivity contribution in [2.45, 2.75) is 70.1 Å². The van der Waals surface area contributed by atoms with Crippen LogP contribution in [-0.2, 0) is 30.9 Å². The van der Waals surface area contributed by atoms with Gasteiger partial charge in [0, 0.05) is 23.9 Å². The monoisotopic (exact) mass is 687 g/mol. The topological polar surface area (TPSA) is 142 Å². The lowest BCUT2D eigenvalue weighted by Crippen LogP contribution is -2.59. The number of rotatable bonds is 4. The van der Waals surface area contributed by atoms with Crippen molar-refractivity contribution in [1.82, 2.24) is 4.90 Å². The highest BCUT2D eigenvalue weighted by molar-refractivity contribution is 6.13. The smallest absolute Gasteiger partial charge is 0.335 e. The quantitative estimate of drug-likeness (QED) is 0.168. The van der Waals surface area contributed by atoms with E-state index in [1.165, 1.54) is 6.08 Å². The first-order valence-corrected chi connectivity index (χ1v) is 17.0. The van der Waals surface area contributed by atoms with Gasteiger partial charge in [-0.15, -0.1) is 0 Å². The molecule has 0 bridgehead atoms. The molecule has 260 valence electrons. The fourth-order valence-electron chi connectivity index (χ4n) is 9.72. The molecule has 51 heavy (non-hydrogen) atoms. The Labute approximate surface area is 294 Å². The molecular weight excluding hydrogens is 650 g/mol. The van der Waals surface area contributed by atoms with Gasteiger partial charge in [-0.2, -0.15) is 0 Å². The van der Waals surface area contributed by atoms with E-state index in [1.807, 2.05) is 77.7 Å². The van der Waals surface area contributed by atoms with Crippen molar-refractivity contribution in [3.05, 3.63) is 144 Å². The Hall–Kier alpha value is -5.58. The molecule has 2 heterocycles. The maximum absolute atomic E-state index is 15.7. The number of carbonyl (C=O) groups is 2. The minimum absolute atomic E-state index is 0.215. The zero-order valence-electron chi connectivity index (χ0n) is 29.2. The van der Waals surface area contributed by atoms with E-state index in [2.05, 4.69) is 0 Å². The van der Waals surface area contributed by atoms with Gasteiger partial charge < -0.3 is 14.4 Å². The molecule has 3 aliphatic carbocycles. The summed E-state index contributed by atoms with van der Waals surface area (Å²) in [5, 5.41) is 25.8. The van der Waals surface area contributed by atoms with Crippen molar-refractivity contribution < 1.29 is 28.9 Å². The zero-order chi connectivity index (χ0) is 36.5. The first-order valence-electron chi connectivity index (χ1n) is 17.0. The SMILES string of the molecule is CC(C)(C)OC(=O)C12C3C([N+](=O)[O-])=CC([N+](=O)[O-])=CC3=C3c4ccccc4CCN3C1(C(=O)OC(C)(C)C)C21c2ccccc2-c2ccccc21. The van der Waals surface area contributed by atoms with Crippen LogP contribution in [0, 0.1) is 31.6 Å². The molecule has 5 aliphatic rings. The third-order valence-electron chi connectivity index (χ3n) is 10.9. The summed E-state index contributed by atoms with van der Waals surface area (Å²) in [6.45, 7) is 10.6. The van der Waals surface area contributed by atoms with E-state index >= 15 is 9.59 Å². The van der Waals surface area contributed by atoms with Crippen LogP contribution in [0.2, 0.25) is 0 Å². The van der Waals surface area contributed by atoms with E-state index in [0.717, 1.165) is 22.8 Å². The summed E-state index contributed by atoms with van der Waals surface area (Å²) in [7, 11) is 0. The largest absolute Gasteiger partial charge is 0.459 e. The summed E-state index contributed by atoms with van der Waals surface area (Å²) in [5.41, 5.74) is -3.69. The van der Waals surface area contributed by atoms with Crippen LogP contribution in [0.25, 0.3) is 16.8 Å². The minimum Gasteiger partial charge on any atom is -0.459 e. The molecule has 3 aromatic rings. The number of fused-ring (bicyclic) bond motifs is 14. The van der Waals surface area contributed by atoms with Crippen LogP contribution in [0.15, 0.2) is 102 Å². The first-order chi connectivity index (χ1) is 24.0. The summed E-state index contributed by atoms with van der Waals surface area (Å²) in [6, 6.07) is 22.5. The highest BCUT2D eigenvalue weighted by Gasteiger charge is 3.03. The molecule has 3 unspecified atom stereocenters. The van der Waals surface area contributed by atoms with E-state index in [9.17, 15) is 20.2 Å². The zero-order valence-corrected chi connectivity index (χ0v) is 29.2. The van der Waals surface area contributed by atoms with Crippen LogP contribution in [0.5, 0.6) is 0 Å². The van der Waals surface area contributed by atoms with Gasteiger partial charge in [0.25, 0.3) is 11.4 Å². The van der Waals surface area contributed by atoms with Crippen LogP contribution in [0.4, 0.5) is 0 Å². The number of allylic oxidation sites excluding steroid dienone is 3. The van der Waals surface area contributed by atoms with Gasteiger partial charge in [-0.05, 0) is 81.4 Å². The molecule has 1 spiro atoms. The minimum atomic E-state index is -2.05. The van der Waals surface area contributed by atoms with Crippen molar-refractivity contribution in [2.24, 2.45) is 11.3 Å². The number of benzene rings is 3. The first kappa shape index (κ1) is 32.6. The fraction of sp³-hybridized carbons (Fsp3) is 0.350. The number of esters is 2. The van der Waals surface area contributed by atoms with Crippen molar-refractivity contribution in [3.63, 3.8) is 0 Å². The Morgan fingerprint density at radius 2 is 1.27 bits per heavy atom. The predicted molar refractivity (Wildman–Crippen MR) is 187 cm³/mol. The van der Waals surface area contributed by atoms with Gasteiger partial charge in [0.1, 0.15) is 16.6 Å². The normalized spacial score (nSPS) is 24.8. The lowest BCUT2D eigenvalue weighted by atomic mass is 9.67. The maximum atomic E-state index is 15.7. The average Bonchev–Trinajstić information content (AvgIpc) is 3.55. The molecule has 2 aliphatic heterocycles. The Bertz CT molecular complexity index is 2170. The molecule has 11 heteroatoms. The second-order valence-electron chi connectivity index (χ2n) is 15.8. The Morgan fingerprint density at radius 3 is 1.82 bits per heavy atom. The van der Waals surface area contributed by atoms with Crippen LogP contribution in [-0.4, -0.2) is 50.0 Å². The third-order valence-corrected chi connectivity index (χ3v) is 10.9. The van der Waals surface area contributed by atoms with E-state index in [1.54, 1.807) is 41.5 Å². The fourth-order valence-corrected chi connectivity index (χ4v) is 9.72. The van der Waals surface area contributed by atoms with Crippen LogP contribution >= 0.6 is 0 Å². The van der Waals surface area contributed by atoms with Crippen LogP contribution < -0.4 is 0 Å². The number of carbonyl (C=O) groups excluding carboxylic acids is 2. The predicted octanol–water partition coefficient (Wildman–Crippen LogP) is 6.61. The lowest BCUT2D eigenvalue weighted by Gasteiger charge is -2.48. The van der Waals surface area contributed by atoms with Gasteiger partial charge in [-0.3, -0.25) is 25.0 Å². The van der Waals surface area contributed by atoms with Crippen molar-refractivity contribution in [2.75, 3.05) is 6.54 Å². The molecule has 0 aromatic heterocycles. The second kappa shape index (κ2) is 10.2. The maximum Gasteiger partial charge on any atom is 0.335 e. The summed E-state index contributed by atoms with van der Waals surface area (Å²) in [5.74, 6) is -3.01. The van der Waals surface area contributed by atoms with Gasteiger partial charge >= 0.3 is 11.9 Å². The van der Waals surface area contributed by atoms with E-state index in [4.69, 9.17) is 9.47 Å². The summed E-state index contributed by atoms with van der Waals surface area (Å²) < 4.78 is 12.7. The van der Waals surface area contributed by atoms with Crippen molar-refractivity contribution >= 4 is 17.6 Å². The molecule has 0 amide bonds. The number of ether oxygens (including phenoxy) is 2. The van der Waals surface area contributed by atoms with Crippen LogP contribution in [0.3, 0.4) is 0 Å². The molecule has 1 fully saturated rings. The molecular formula is C40H37N3O8. The van der Waals surface area contributed by atoms with E-state index < -0.39 is 66.7 Å². The molecule has 0 saturated heterocycles. The average molecular weight is 688 g/mol. The highest BCUT2D eigenvalue weighted by Crippen LogP contribution is 2.88. The Kier molecular flexibility index (Phi) is 6.55. The van der Waals surface area contributed by atoms with Gasteiger partial charge in [0.05, 0.1) is 27.3 Å². The van der Waals surface area contributed by atoms with Crippen molar-refractivity contribution in [3.8, 4) is 11.1 Å². The Balaban J connectivity index is 1.63. The van der Waals surface area contributed by atoms with Gasteiger partial charge in [0.2, 0.25) is 0 Å². The van der Waals surface area contributed by atoms with Gasteiger partial charge in [-0.25, -0.2) is 4.79 Å². The second-order valence-corrected chi connectivity index (χ2v) is 15.8. The number of nitrogens with zero attached hydrogens (tertiary/aromatic N) is 3. The highest BCUT2D eigenvalue weighted by atomic mass is 16.6. The molecule has 0 radical (unpaired) electrons. The standard InChI is InChI=1S/C40H37N3O8/c1-36(2,3)50-34(44)39-32-28(21-24(42(46)47)22-31(32)43(48)49)33-25-14-8-7-13-23(25)19-20-41(33)40(39,35(45)51-37(4,5)6)38(39)29-17-11-9-15-26(29)27-16-10-12-18-30(27)38/h7-18,21-22,32H,19-20H2,1-6H3. The molecule has 3 atom stereocenters.